The van der Waals surface area contributed by atoms with E-state index in [-0.39, 0.29) is 0 Å². The fourth-order valence-electron chi connectivity index (χ4n) is 1.65. The number of fused-ring (bicyclic) bond motifs is 1. The van der Waals surface area contributed by atoms with Gasteiger partial charge in [0.25, 0.3) is 0 Å². The Morgan fingerprint density at radius 3 is 3.00 bits per heavy atom. The predicted molar refractivity (Wildman–Crippen MR) is 46.5 cm³/mol. The van der Waals surface area contributed by atoms with Crippen molar-refractivity contribution in [3.8, 4) is 0 Å². The molecular weight excluding hydrogens is 142 g/mol. The molecule has 58 valence electrons. The van der Waals surface area contributed by atoms with Gasteiger partial charge >= 0.3 is 0 Å². The minimum absolute atomic E-state index is 0.880. The van der Waals surface area contributed by atoms with Gasteiger partial charge in [0.05, 0.1) is 0 Å². The van der Waals surface area contributed by atoms with E-state index in [0.29, 0.717) is 0 Å². The highest BCUT2D eigenvalue weighted by atomic mass is 32.2. The van der Waals surface area contributed by atoms with Gasteiger partial charge in [-0.3, -0.25) is 0 Å². The molecule has 1 N–H and O–H groups in total. The molecule has 2 heteroatoms. The second-order valence-corrected chi connectivity index (χ2v) is 4.60. The zero-order valence-corrected chi connectivity index (χ0v) is 7.12. The minimum atomic E-state index is 0.880. The van der Waals surface area contributed by atoms with Crippen LogP contribution in [0.4, 0.5) is 0 Å². The van der Waals surface area contributed by atoms with Crippen LogP contribution in [0.5, 0.6) is 0 Å². The third kappa shape index (κ3) is 1.32. The average Bonchev–Trinajstić information content (AvgIpc) is 1.89. The second-order valence-electron chi connectivity index (χ2n) is 3.25. The molecule has 0 spiro atoms. The number of rotatable bonds is 0. The third-order valence-electron chi connectivity index (χ3n) is 2.52. The fraction of sp³-hybridized carbons (Fsp3) is 1.00. The first kappa shape index (κ1) is 6.99. The van der Waals surface area contributed by atoms with Gasteiger partial charge in [0.15, 0.2) is 0 Å². The van der Waals surface area contributed by atoms with Crippen LogP contribution in [0.3, 0.4) is 0 Å². The molecule has 1 saturated heterocycles. The highest BCUT2D eigenvalue weighted by Gasteiger charge is 2.30. The zero-order valence-electron chi connectivity index (χ0n) is 6.31. The molecule has 0 bridgehead atoms. The molecule has 1 aliphatic carbocycles. The first-order valence-corrected chi connectivity index (χ1v) is 5.37. The Morgan fingerprint density at radius 2 is 2.20 bits per heavy atom. The van der Waals surface area contributed by atoms with Gasteiger partial charge in [-0.15, -0.1) is 0 Å². The smallest absolute Gasteiger partial charge is 0.0201 e. The van der Waals surface area contributed by atoms with Crippen LogP contribution in [0.15, 0.2) is 0 Å². The van der Waals surface area contributed by atoms with E-state index in [1.807, 2.05) is 0 Å². The van der Waals surface area contributed by atoms with Gasteiger partial charge < -0.3 is 5.32 Å². The molecule has 1 nitrogen and oxygen atoms in total. The van der Waals surface area contributed by atoms with E-state index >= 15 is 0 Å². The van der Waals surface area contributed by atoms with Crippen LogP contribution in [0.25, 0.3) is 0 Å². The molecule has 2 fully saturated rings. The van der Waals surface area contributed by atoms with E-state index in [9.17, 15) is 0 Å². The van der Waals surface area contributed by atoms with E-state index < -0.39 is 0 Å². The van der Waals surface area contributed by atoms with Gasteiger partial charge in [0, 0.05) is 11.3 Å². The van der Waals surface area contributed by atoms with Crippen molar-refractivity contribution in [2.45, 2.75) is 37.0 Å². The monoisotopic (exact) mass is 157 g/mol. The molecule has 2 rings (SSSR count). The summed E-state index contributed by atoms with van der Waals surface area (Å²) in [5.41, 5.74) is 0. The Hall–Kier alpha value is 0.310. The lowest BCUT2D eigenvalue weighted by Gasteiger charge is -2.38. The highest BCUT2D eigenvalue weighted by Crippen LogP contribution is 2.33. The van der Waals surface area contributed by atoms with Crippen molar-refractivity contribution in [3.05, 3.63) is 0 Å². The average molecular weight is 157 g/mol. The van der Waals surface area contributed by atoms with Crippen LogP contribution < -0.4 is 5.32 Å². The number of hydrogen-bond acceptors (Lipinski definition) is 2. The Bertz CT molecular complexity index is 102. The molecule has 0 aromatic heterocycles. The van der Waals surface area contributed by atoms with Crippen molar-refractivity contribution in [1.82, 2.24) is 5.32 Å². The quantitative estimate of drug-likeness (QED) is 0.573. The summed E-state index contributed by atoms with van der Waals surface area (Å²) in [5, 5.41) is 4.57. The Balaban J connectivity index is 1.83. The first-order chi connectivity index (χ1) is 4.97. The van der Waals surface area contributed by atoms with Crippen molar-refractivity contribution < 1.29 is 0 Å². The van der Waals surface area contributed by atoms with Crippen molar-refractivity contribution in [2.24, 2.45) is 0 Å². The summed E-state index contributed by atoms with van der Waals surface area (Å²) in [6.45, 7) is 1.27. The summed E-state index contributed by atoms with van der Waals surface area (Å²) >= 11 is 2.18. The Kier molecular flexibility index (Phi) is 2.19. The normalized spacial score (nSPS) is 40.8. The number of hydrogen-bond donors (Lipinski definition) is 1. The molecule has 2 aliphatic rings. The minimum Gasteiger partial charge on any atom is -0.313 e. The van der Waals surface area contributed by atoms with Gasteiger partial charge in [-0.25, -0.2) is 0 Å². The number of nitrogens with one attached hydrogen (secondary N) is 1. The van der Waals surface area contributed by atoms with Crippen LogP contribution in [-0.2, 0) is 0 Å². The van der Waals surface area contributed by atoms with Gasteiger partial charge in [-0.1, -0.05) is 0 Å². The molecule has 1 aliphatic heterocycles. The van der Waals surface area contributed by atoms with E-state index in [1.54, 1.807) is 0 Å². The summed E-state index contributed by atoms with van der Waals surface area (Å²) in [6.07, 6.45) is 5.69. The van der Waals surface area contributed by atoms with E-state index in [1.165, 1.54) is 38.0 Å². The Labute approximate surface area is 67.0 Å². The maximum atomic E-state index is 3.60. The van der Waals surface area contributed by atoms with E-state index in [2.05, 4.69) is 17.1 Å². The first-order valence-electron chi connectivity index (χ1n) is 4.32. The van der Waals surface area contributed by atoms with Crippen LogP contribution in [0.1, 0.15) is 25.7 Å². The van der Waals surface area contributed by atoms with Crippen molar-refractivity contribution in [3.63, 3.8) is 0 Å². The van der Waals surface area contributed by atoms with Crippen molar-refractivity contribution >= 4 is 11.8 Å². The molecule has 2 atom stereocenters. The van der Waals surface area contributed by atoms with Gasteiger partial charge in [-0.2, -0.15) is 11.8 Å². The van der Waals surface area contributed by atoms with Gasteiger partial charge in [0.1, 0.15) is 0 Å². The van der Waals surface area contributed by atoms with E-state index in [4.69, 9.17) is 0 Å². The SMILES string of the molecule is C1CCSC2CCC2NC1. The molecule has 0 aromatic rings. The standard InChI is InChI=1S/C8H15NS/c1-2-6-10-8-4-3-7(8)9-5-1/h7-9H,1-6H2. The zero-order chi connectivity index (χ0) is 6.81. The van der Waals surface area contributed by atoms with Crippen LogP contribution in [-0.4, -0.2) is 23.6 Å². The summed E-state index contributed by atoms with van der Waals surface area (Å²) < 4.78 is 0. The molecule has 0 amide bonds. The maximum Gasteiger partial charge on any atom is 0.0201 e. The lowest BCUT2D eigenvalue weighted by atomic mass is 9.92. The highest BCUT2D eigenvalue weighted by molar-refractivity contribution is 8.00. The van der Waals surface area contributed by atoms with Crippen molar-refractivity contribution in [2.75, 3.05) is 12.3 Å². The van der Waals surface area contributed by atoms with Crippen LogP contribution in [0, 0.1) is 0 Å². The fourth-order valence-corrected chi connectivity index (χ4v) is 3.09. The summed E-state index contributed by atoms with van der Waals surface area (Å²) in [5.74, 6) is 1.41. The lowest BCUT2D eigenvalue weighted by Crippen LogP contribution is -2.47. The summed E-state index contributed by atoms with van der Waals surface area (Å²) in [4.78, 5) is 0. The van der Waals surface area contributed by atoms with Crippen molar-refractivity contribution in [1.29, 1.82) is 0 Å². The predicted octanol–water partition coefficient (Wildman–Crippen LogP) is 1.63. The largest absolute Gasteiger partial charge is 0.313 e. The third-order valence-corrected chi connectivity index (χ3v) is 4.04. The van der Waals surface area contributed by atoms with Crippen LogP contribution >= 0.6 is 11.8 Å². The van der Waals surface area contributed by atoms with E-state index in [0.717, 1.165) is 11.3 Å². The topological polar surface area (TPSA) is 12.0 Å². The summed E-state index contributed by atoms with van der Waals surface area (Å²) in [6, 6.07) is 0.880. The molecule has 1 saturated carbocycles. The summed E-state index contributed by atoms with van der Waals surface area (Å²) in [7, 11) is 0. The molecule has 2 unspecified atom stereocenters. The second kappa shape index (κ2) is 3.14. The molecular formula is C8H15NS. The molecule has 0 aromatic carbocycles. The lowest BCUT2D eigenvalue weighted by molar-refractivity contribution is 0.347. The number of thioether (sulfide) groups is 1. The molecule has 0 radical (unpaired) electrons. The van der Waals surface area contributed by atoms with Gasteiger partial charge in [0.2, 0.25) is 0 Å². The van der Waals surface area contributed by atoms with Gasteiger partial charge in [-0.05, 0) is 38.0 Å². The molecule has 10 heavy (non-hydrogen) atoms. The molecule has 1 heterocycles. The Morgan fingerprint density at radius 1 is 1.20 bits per heavy atom. The maximum absolute atomic E-state index is 3.60. The van der Waals surface area contributed by atoms with Crippen LogP contribution in [0.2, 0.25) is 0 Å².